The summed E-state index contributed by atoms with van der Waals surface area (Å²) in [6.45, 7) is 1.99. The molecule has 3 nitrogen and oxygen atoms in total. The lowest BCUT2D eigenvalue weighted by Gasteiger charge is -2.07. The number of hydrogen-bond donors (Lipinski definition) is 1. The summed E-state index contributed by atoms with van der Waals surface area (Å²) in [7, 11) is 0. The molecule has 0 aliphatic rings. The van der Waals surface area contributed by atoms with Gasteiger partial charge >= 0.3 is 0 Å². The fraction of sp³-hybridized carbons (Fsp3) is 0.273. The topological polar surface area (TPSA) is 52.3 Å². The lowest BCUT2D eigenvalue weighted by molar-refractivity contribution is 0.460. The molecule has 2 rings (SSSR count). The van der Waals surface area contributed by atoms with E-state index >= 15 is 0 Å². The Morgan fingerprint density at radius 1 is 1.36 bits per heavy atom. The molecule has 3 heteroatoms. The smallest absolute Gasteiger partial charge is 0.123 e. The summed E-state index contributed by atoms with van der Waals surface area (Å²) in [6, 6.07) is 3.74. The van der Waals surface area contributed by atoms with E-state index in [1.54, 1.807) is 18.8 Å². The molecule has 14 heavy (non-hydrogen) atoms. The summed E-state index contributed by atoms with van der Waals surface area (Å²) in [5.74, 6) is 0.853. The minimum Gasteiger partial charge on any atom is -0.472 e. The van der Waals surface area contributed by atoms with E-state index in [9.17, 15) is 0 Å². The van der Waals surface area contributed by atoms with E-state index in [1.165, 1.54) is 0 Å². The van der Waals surface area contributed by atoms with Gasteiger partial charge in [0.25, 0.3) is 0 Å². The van der Waals surface area contributed by atoms with Crippen molar-refractivity contribution in [2.24, 2.45) is 5.73 Å². The summed E-state index contributed by atoms with van der Waals surface area (Å²) >= 11 is 0. The van der Waals surface area contributed by atoms with Crippen LogP contribution in [-0.4, -0.2) is 0 Å². The Labute approximate surface area is 82.5 Å². The van der Waals surface area contributed by atoms with Gasteiger partial charge in [-0.1, -0.05) is 0 Å². The van der Waals surface area contributed by atoms with Crippen LogP contribution in [0.2, 0.25) is 0 Å². The van der Waals surface area contributed by atoms with Gasteiger partial charge in [-0.3, -0.25) is 0 Å². The Bertz CT molecular complexity index is 389. The van der Waals surface area contributed by atoms with Crippen LogP contribution in [0.1, 0.15) is 22.9 Å². The molecule has 2 aromatic heterocycles. The Balaban J connectivity index is 2.10. The number of aryl methyl sites for hydroxylation is 1. The van der Waals surface area contributed by atoms with Crippen molar-refractivity contribution in [3.63, 3.8) is 0 Å². The van der Waals surface area contributed by atoms with E-state index in [0.717, 1.165) is 23.3 Å². The van der Waals surface area contributed by atoms with Gasteiger partial charge in [-0.15, -0.1) is 0 Å². The molecule has 2 N–H and O–H groups in total. The SMILES string of the molecule is Cc1ccoc1C(N)Cc1ccoc1. The van der Waals surface area contributed by atoms with E-state index in [1.807, 2.05) is 19.1 Å². The highest BCUT2D eigenvalue weighted by Gasteiger charge is 2.13. The zero-order chi connectivity index (χ0) is 9.97. The maximum atomic E-state index is 6.00. The molecule has 0 amide bonds. The van der Waals surface area contributed by atoms with Gasteiger partial charge < -0.3 is 14.6 Å². The molecule has 0 fully saturated rings. The Morgan fingerprint density at radius 2 is 2.21 bits per heavy atom. The van der Waals surface area contributed by atoms with E-state index < -0.39 is 0 Å². The van der Waals surface area contributed by atoms with Crippen molar-refractivity contribution in [1.29, 1.82) is 0 Å². The minimum atomic E-state index is -0.0948. The molecular formula is C11H13NO2. The zero-order valence-corrected chi connectivity index (χ0v) is 8.07. The van der Waals surface area contributed by atoms with Crippen molar-refractivity contribution in [3.05, 3.63) is 47.8 Å². The molecule has 2 heterocycles. The zero-order valence-electron chi connectivity index (χ0n) is 8.07. The first kappa shape index (κ1) is 9.09. The lowest BCUT2D eigenvalue weighted by Crippen LogP contribution is -2.13. The largest absolute Gasteiger partial charge is 0.472 e. The molecule has 0 radical (unpaired) electrons. The molecule has 0 aliphatic carbocycles. The molecular weight excluding hydrogens is 178 g/mol. The van der Waals surface area contributed by atoms with Crippen molar-refractivity contribution in [2.45, 2.75) is 19.4 Å². The Kier molecular flexibility index (Phi) is 2.41. The average Bonchev–Trinajstić information content (AvgIpc) is 2.75. The van der Waals surface area contributed by atoms with Crippen molar-refractivity contribution >= 4 is 0 Å². The quantitative estimate of drug-likeness (QED) is 0.810. The van der Waals surface area contributed by atoms with E-state index in [4.69, 9.17) is 14.6 Å². The third-order valence-electron chi connectivity index (χ3n) is 2.27. The molecule has 74 valence electrons. The molecule has 0 saturated carbocycles. The highest BCUT2D eigenvalue weighted by molar-refractivity contribution is 5.20. The molecule has 2 aromatic rings. The predicted molar refractivity (Wildman–Crippen MR) is 52.8 cm³/mol. The van der Waals surface area contributed by atoms with Gasteiger partial charge in [-0.25, -0.2) is 0 Å². The third kappa shape index (κ3) is 1.72. The fourth-order valence-electron chi connectivity index (χ4n) is 1.52. The lowest BCUT2D eigenvalue weighted by atomic mass is 10.1. The number of nitrogens with two attached hydrogens (primary N) is 1. The van der Waals surface area contributed by atoms with Crippen LogP contribution in [0.5, 0.6) is 0 Å². The maximum absolute atomic E-state index is 6.00. The van der Waals surface area contributed by atoms with Crippen LogP contribution in [0.3, 0.4) is 0 Å². The first-order chi connectivity index (χ1) is 6.77. The number of furan rings is 2. The summed E-state index contributed by atoms with van der Waals surface area (Å²) in [6.07, 6.45) is 5.76. The molecule has 1 unspecified atom stereocenters. The number of hydrogen-bond acceptors (Lipinski definition) is 3. The predicted octanol–water partition coefficient (Wildman–Crippen LogP) is 2.42. The highest BCUT2D eigenvalue weighted by atomic mass is 16.3. The van der Waals surface area contributed by atoms with Crippen LogP contribution in [0.25, 0.3) is 0 Å². The van der Waals surface area contributed by atoms with Crippen molar-refractivity contribution in [1.82, 2.24) is 0 Å². The highest BCUT2D eigenvalue weighted by Crippen LogP contribution is 2.20. The van der Waals surface area contributed by atoms with Crippen LogP contribution in [0.4, 0.5) is 0 Å². The summed E-state index contributed by atoms with van der Waals surface area (Å²) in [4.78, 5) is 0. The monoisotopic (exact) mass is 191 g/mol. The first-order valence-corrected chi connectivity index (χ1v) is 4.58. The number of rotatable bonds is 3. The van der Waals surface area contributed by atoms with Gasteiger partial charge in [0.2, 0.25) is 0 Å². The van der Waals surface area contributed by atoms with E-state index in [-0.39, 0.29) is 6.04 Å². The van der Waals surface area contributed by atoms with Gasteiger partial charge in [0.05, 0.1) is 24.8 Å². The molecule has 0 spiro atoms. The normalized spacial score (nSPS) is 13.0. The van der Waals surface area contributed by atoms with Crippen molar-refractivity contribution in [2.75, 3.05) is 0 Å². The summed E-state index contributed by atoms with van der Waals surface area (Å²) in [5.41, 5.74) is 8.19. The van der Waals surface area contributed by atoms with E-state index in [0.29, 0.717) is 0 Å². The van der Waals surface area contributed by atoms with Crippen LogP contribution >= 0.6 is 0 Å². The molecule has 0 saturated heterocycles. The minimum absolute atomic E-state index is 0.0948. The second-order valence-corrected chi connectivity index (χ2v) is 3.41. The summed E-state index contributed by atoms with van der Waals surface area (Å²) < 4.78 is 10.3. The average molecular weight is 191 g/mol. The molecule has 1 atom stereocenters. The Morgan fingerprint density at radius 3 is 2.79 bits per heavy atom. The second-order valence-electron chi connectivity index (χ2n) is 3.41. The molecule has 0 aromatic carbocycles. The third-order valence-corrected chi connectivity index (χ3v) is 2.27. The van der Waals surface area contributed by atoms with Crippen LogP contribution in [0, 0.1) is 6.92 Å². The van der Waals surface area contributed by atoms with Gasteiger partial charge in [-0.05, 0) is 36.6 Å². The maximum Gasteiger partial charge on any atom is 0.123 e. The molecule has 0 aliphatic heterocycles. The van der Waals surface area contributed by atoms with Crippen LogP contribution in [-0.2, 0) is 6.42 Å². The van der Waals surface area contributed by atoms with Gasteiger partial charge in [0, 0.05) is 0 Å². The van der Waals surface area contributed by atoms with Crippen LogP contribution < -0.4 is 5.73 Å². The molecule has 0 bridgehead atoms. The summed E-state index contributed by atoms with van der Waals surface area (Å²) in [5, 5.41) is 0. The standard InChI is InChI=1S/C11H13NO2/c1-8-2-5-14-11(8)10(12)6-9-3-4-13-7-9/h2-5,7,10H,6,12H2,1H3. The van der Waals surface area contributed by atoms with E-state index in [2.05, 4.69) is 0 Å². The fourth-order valence-corrected chi connectivity index (χ4v) is 1.52. The van der Waals surface area contributed by atoms with Gasteiger partial charge in [0.15, 0.2) is 0 Å². The van der Waals surface area contributed by atoms with Gasteiger partial charge in [0.1, 0.15) is 5.76 Å². The van der Waals surface area contributed by atoms with Crippen LogP contribution in [0.15, 0.2) is 39.8 Å². The second kappa shape index (κ2) is 3.72. The van der Waals surface area contributed by atoms with Crippen molar-refractivity contribution in [3.8, 4) is 0 Å². The van der Waals surface area contributed by atoms with Gasteiger partial charge in [-0.2, -0.15) is 0 Å². The Hall–Kier alpha value is -1.48. The first-order valence-electron chi connectivity index (χ1n) is 4.58. The van der Waals surface area contributed by atoms with Crippen molar-refractivity contribution < 1.29 is 8.83 Å².